The summed E-state index contributed by atoms with van der Waals surface area (Å²) in [5.41, 5.74) is 0. The summed E-state index contributed by atoms with van der Waals surface area (Å²) in [5.74, 6) is 0.666. The summed E-state index contributed by atoms with van der Waals surface area (Å²) in [6, 6.07) is 0.206. The largest absolute Gasteiger partial charge is 0.379 e. The second kappa shape index (κ2) is 4.94. The topological polar surface area (TPSA) is 41.6 Å². The summed E-state index contributed by atoms with van der Waals surface area (Å²) in [6.07, 6.45) is 3.68. The van der Waals surface area contributed by atoms with Crippen molar-refractivity contribution in [2.24, 2.45) is 5.92 Å². The standard InChI is InChI=1S/C13H24N2O2/c1-8(2)12-14-9(3)13(16)15(12)10-6-5-7-11(10)17-4/h8-12,14H,5-7H2,1-4H3. The fourth-order valence-electron chi connectivity index (χ4n) is 3.15. The Morgan fingerprint density at radius 1 is 1.41 bits per heavy atom. The highest BCUT2D eigenvalue weighted by Gasteiger charge is 2.45. The zero-order chi connectivity index (χ0) is 12.6. The van der Waals surface area contributed by atoms with Crippen molar-refractivity contribution in [3.8, 4) is 0 Å². The Hall–Kier alpha value is -0.610. The van der Waals surface area contributed by atoms with Crippen molar-refractivity contribution in [2.45, 2.75) is 64.4 Å². The van der Waals surface area contributed by atoms with Gasteiger partial charge in [-0.2, -0.15) is 0 Å². The van der Waals surface area contributed by atoms with E-state index >= 15 is 0 Å². The molecule has 17 heavy (non-hydrogen) atoms. The van der Waals surface area contributed by atoms with Crippen molar-refractivity contribution in [3.63, 3.8) is 0 Å². The molecule has 1 aliphatic heterocycles. The van der Waals surface area contributed by atoms with Gasteiger partial charge in [-0.05, 0) is 32.1 Å². The number of nitrogens with one attached hydrogen (secondary N) is 1. The number of methoxy groups -OCH3 is 1. The number of carbonyl (C=O) groups is 1. The van der Waals surface area contributed by atoms with Crippen LogP contribution in [-0.2, 0) is 9.53 Å². The molecule has 2 fully saturated rings. The second-order valence-corrected chi connectivity index (χ2v) is 5.60. The van der Waals surface area contributed by atoms with Crippen LogP contribution >= 0.6 is 0 Å². The minimum Gasteiger partial charge on any atom is -0.379 e. The zero-order valence-electron chi connectivity index (χ0n) is 11.3. The van der Waals surface area contributed by atoms with E-state index in [0.29, 0.717) is 5.92 Å². The first-order valence-electron chi connectivity index (χ1n) is 6.67. The molecular formula is C13H24N2O2. The van der Waals surface area contributed by atoms with Gasteiger partial charge in [0.2, 0.25) is 5.91 Å². The zero-order valence-corrected chi connectivity index (χ0v) is 11.3. The number of nitrogens with zero attached hydrogens (tertiary/aromatic N) is 1. The van der Waals surface area contributed by atoms with E-state index in [-0.39, 0.29) is 30.3 Å². The Morgan fingerprint density at radius 2 is 2.12 bits per heavy atom. The molecule has 4 heteroatoms. The van der Waals surface area contributed by atoms with Crippen molar-refractivity contribution in [1.29, 1.82) is 0 Å². The lowest BCUT2D eigenvalue weighted by atomic mass is 10.1. The first-order chi connectivity index (χ1) is 8.06. The van der Waals surface area contributed by atoms with Crippen LogP contribution in [0, 0.1) is 5.92 Å². The first kappa shape index (κ1) is 12.8. The quantitative estimate of drug-likeness (QED) is 0.810. The van der Waals surface area contributed by atoms with Gasteiger partial charge in [0.15, 0.2) is 0 Å². The van der Waals surface area contributed by atoms with Gasteiger partial charge in [0.1, 0.15) is 0 Å². The van der Waals surface area contributed by atoms with E-state index in [1.807, 2.05) is 6.92 Å². The van der Waals surface area contributed by atoms with Crippen LogP contribution in [-0.4, -0.2) is 42.3 Å². The van der Waals surface area contributed by atoms with Crippen molar-refractivity contribution < 1.29 is 9.53 Å². The molecule has 1 aliphatic carbocycles. The van der Waals surface area contributed by atoms with Gasteiger partial charge in [-0.1, -0.05) is 13.8 Å². The molecule has 0 spiro atoms. The average molecular weight is 240 g/mol. The molecule has 4 atom stereocenters. The maximum Gasteiger partial charge on any atom is 0.241 e. The van der Waals surface area contributed by atoms with Crippen LogP contribution < -0.4 is 5.32 Å². The van der Waals surface area contributed by atoms with E-state index in [1.54, 1.807) is 7.11 Å². The van der Waals surface area contributed by atoms with Crippen molar-refractivity contribution in [1.82, 2.24) is 10.2 Å². The molecule has 0 radical (unpaired) electrons. The number of ether oxygens (including phenoxy) is 1. The number of carbonyl (C=O) groups excluding carboxylic acids is 1. The second-order valence-electron chi connectivity index (χ2n) is 5.60. The number of amides is 1. The molecule has 0 aromatic heterocycles. The van der Waals surface area contributed by atoms with Crippen LogP contribution in [0.4, 0.5) is 0 Å². The molecule has 0 bridgehead atoms. The highest BCUT2D eigenvalue weighted by atomic mass is 16.5. The number of rotatable bonds is 3. The van der Waals surface area contributed by atoms with E-state index in [4.69, 9.17) is 4.74 Å². The lowest BCUT2D eigenvalue weighted by Gasteiger charge is -2.35. The summed E-state index contributed by atoms with van der Waals surface area (Å²) in [4.78, 5) is 14.3. The van der Waals surface area contributed by atoms with Gasteiger partial charge in [-0.15, -0.1) is 0 Å². The molecule has 0 aromatic rings. The third kappa shape index (κ3) is 2.20. The van der Waals surface area contributed by atoms with E-state index in [0.717, 1.165) is 19.3 Å². The molecule has 98 valence electrons. The summed E-state index contributed by atoms with van der Waals surface area (Å²) in [6.45, 7) is 6.27. The van der Waals surface area contributed by atoms with Gasteiger partial charge in [-0.3, -0.25) is 10.1 Å². The number of hydrogen-bond donors (Lipinski definition) is 1. The highest BCUT2D eigenvalue weighted by molar-refractivity contribution is 5.84. The van der Waals surface area contributed by atoms with Gasteiger partial charge in [0, 0.05) is 7.11 Å². The minimum atomic E-state index is -0.0551. The Balaban J connectivity index is 2.18. The summed E-state index contributed by atoms with van der Waals surface area (Å²) >= 11 is 0. The van der Waals surface area contributed by atoms with Crippen molar-refractivity contribution in [3.05, 3.63) is 0 Å². The van der Waals surface area contributed by atoms with E-state index < -0.39 is 0 Å². The molecule has 2 aliphatic rings. The maximum atomic E-state index is 12.3. The van der Waals surface area contributed by atoms with Crippen LogP contribution in [0.5, 0.6) is 0 Å². The van der Waals surface area contributed by atoms with E-state index in [2.05, 4.69) is 24.1 Å². The lowest BCUT2D eigenvalue weighted by molar-refractivity contribution is -0.135. The summed E-state index contributed by atoms with van der Waals surface area (Å²) < 4.78 is 5.53. The Morgan fingerprint density at radius 3 is 2.71 bits per heavy atom. The molecule has 4 nitrogen and oxygen atoms in total. The average Bonchev–Trinajstić information content (AvgIpc) is 2.84. The third-order valence-corrected chi connectivity index (χ3v) is 4.05. The highest BCUT2D eigenvalue weighted by Crippen LogP contribution is 2.31. The molecular weight excluding hydrogens is 216 g/mol. The first-order valence-corrected chi connectivity index (χ1v) is 6.67. The van der Waals surface area contributed by atoms with Crippen LogP contribution in [0.2, 0.25) is 0 Å². The monoisotopic (exact) mass is 240 g/mol. The SMILES string of the molecule is COC1CCCC1N1C(=O)C(C)NC1C(C)C. The molecule has 4 unspecified atom stereocenters. The Labute approximate surface area is 104 Å². The number of hydrogen-bond acceptors (Lipinski definition) is 3. The van der Waals surface area contributed by atoms with E-state index in [1.165, 1.54) is 0 Å². The van der Waals surface area contributed by atoms with Gasteiger partial charge in [0.25, 0.3) is 0 Å². The van der Waals surface area contributed by atoms with Gasteiger partial charge < -0.3 is 9.64 Å². The van der Waals surface area contributed by atoms with Crippen molar-refractivity contribution in [2.75, 3.05) is 7.11 Å². The Kier molecular flexibility index (Phi) is 3.73. The van der Waals surface area contributed by atoms with Gasteiger partial charge in [-0.25, -0.2) is 0 Å². The summed E-state index contributed by atoms with van der Waals surface area (Å²) in [5, 5.41) is 3.40. The van der Waals surface area contributed by atoms with Crippen LogP contribution in [0.15, 0.2) is 0 Å². The van der Waals surface area contributed by atoms with Crippen LogP contribution in [0.25, 0.3) is 0 Å². The van der Waals surface area contributed by atoms with E-state index in [9.17, 15) is 4.79 Å². The molecule has 1 heterocycles. The van der Waals surface area contributed by atoms with Crippen LogP contribution in [0.3, 0.4) is 0 Å². The molecule has 0 aromatic carbocycles. The van der Waals surface area contributed by atoms with Crippen molar-refractivity contribution >= 4 is 5.91 Å². The summed E-state index contributed by atoms with van der Waals surface area (Å²) in [7, 11) is 1.75. The molecule has 2 rings (SSSR count). The predicted molar refractivity (Wildman–Crippen MR) is 66.5 cm³/mol. The minimum absolute atomic E-state index is 0.0551. The predicted octanol–water partition coefficient (Wildman–Crippen LogP) is 1.36. The molecule has 1 saturated carbocycles. The van der Waals surface area contributed by atoms with Gasteiger partial charge in [0.05, 0.1) is 24.4 Å². The lowest BCUT2D eigenvalue weighted by Crippen LogP contribution is -2.50. The maximum absolute atomic E-state index is 12.3. The molecule has 1 amide bonds. The fourth-order valence-corrected chi connectivity index (χ4v) is 3.15. The smallest absolute Gasteiger partial charge is 0.241 e. The molecule has 1 saturated heterocycles. The normalized spacial score (nSPS) is 38.4. The van der Waals surface area contributed by atoms with Crippen LogP contribution in [0.1, 0.15) is 40.0 Å². The Bertz CT molecular complexity index is 293. The third-order valence-electron chi connectivity index (χ3n) is 4.05. The molecule has 1 N–H and O–H groups in total. The van der Waals surface area contributed by atoms with Gasteiger partial charge >= 0.3 is 0 Å². The fraction of sp³-hybridized carbons (Fsp3) is 0.923.